The minimum Gasteiger partial charge on any atom is -0.343 e. The zero-order chi connectivity index (χ0) is 23.5. The van der Waals surface area contributed by atoms with Gasteiger partial charge >= 0.3 is 5.69 Å². The lowest BCUT2D eigenvalue weighted by Gasteiger charge is -2.11. The molecule has 166 valence electrons. The number of anilines is 1. The molecule has 4 rings (SSSR count). The molecule has 0 radical (unpaired) electrons. The SMILES string of the molecule is Cc1c(Cl)cccc1NC(=O)CNC(=O)c1ccc2c(=O)n(-c3ccccc3)c(=O)[nH]c2c1. The highest BCUT2D eigenvalue weighted by atomic mass is 35.5. The van der Waals surface area contributed by atoms with Crippen LogP contribution in [-0.2, 0) is 4.79 Å². The lowest BCUT2D eigenvalue weighted by molar-refractivity contribution is -0.115. The van der Waals surface area contributed by atoms with Gasteiger partial charge in [-0.3, -0.25) is 14.4 Å². The van der Waals surface area contributed by atoms with E-state index in [0.29, 0.717) is 16.4 Å². The van der Waals surface area contributed by atoms with Gasteiger partial charge in [0.25, 0.3) is 11.5 Å². The second-order valence-corrected chi connectivity index (χ2v) is 7.72. The van der Waals surface area contributed by atoms with Gasteiger partial charge < -0.3 is 15.6 Å². The molecule has 8 nitrogen and oxygen atoms in total. The summed E-state index contributed by atoms with van der Waals surface area (Å²) in [5, 5.41) is 5.99. The fourth-order valence-corrected chi connectivity index (χ4v) is 3.55. The molecule has 3 N–H and O–H groups in total. The number of para-hydroxylation sites is 1. The van der Waals surface area contributed by atoms with Crippen molar-refractivity contribution in [3.05, 3.63) is 104 Å². The first-order valence-corrected chi connectivity index (χ1v) is 10.4. The van der Waals surface area contributed by atoms with E-state index in [2.05, 4.69) is 15.6 Å². The molecule has 9 heteroatoms. The summed E-state index contributed by atoms with van der Waals surface area (Å²) >= 11 is 6.05. The van der Waals surface area contributed by atoms with Crippen molar-refractivity contribution >= 4 is 40.0 Å². The van der Waals surface area contributed by atoms with Crippen LogP contribution in [-0.4, -0.2) is 27.9 Å². The summed E-state index contributed by atoms with van der Waals surface area (Å²) in [7, 11) is 0. The van der Waals surface area contributed by atoms with Gasteiger partial charge in [0.2, 0.25) is 5.91 Å². The van der Waals surface area contributed by atoms with Crippen LogP contribution in [0.5, 0.6) is 0 Å². The summed E-state index contributed by atoms with van der Waals surface area (Å²) in [4.78, 5) is 52.8. The van der Waals surface area contributed by atoms with Crippen molar-refractivity contribution in [1.82, 2.24) is 14.9 Å². The van der Waals surface area contributed by atoms with Gasteiger partial charge in [-0.2, -0.15) is 0 Å². The number of hydrogen-bond acceptors (Lipinski definition) is 4. The molecule has 4 aromatic rings. The minimum atomic E-state index is -0.618. The molecule has 0 atom stereocenters. The number of nitrogens with one attached hydrogen (secondary N) is 3. The second-order valence-electron chi connectivity index (χ2n) is 7.31. The first-order chi connectivity index (χ1) is 15.8. The Labute approximate surface area is 192 Å². The predicted molar refractivity (Wildman–Crippen MR) is 127 cm³/mol. The van der Waals surface area contributed by atoms with E-state index in [4.69, 9.17) is 11.6 Å². The highest BCUT2D eigenvalue weighted by molar-refractivity contribution is 6.31. The average Bonchev–Trinajstić information content (AvgIpc) is 2.81. The van der Waals surface area contributed by atoms with E-state index >= 15 is 0 Å². The van der Waals surface area contributed by atoms with Crippen LogP contribution in [0.25, 0.3) is 16.6 Å². The molecule has 0 fully saturated rings. The van der Waals surface area contributed by atoms with Crippen LogP contribution >= 0.6 is 11.6 Å². The van der Waals surface area contributed by atoms with E-state index in [-0.39, 0.29) is 23.0 Å². The van der Waals surface area contributed by atoms with Gasteiger partial charge in [0.15, 0.2) is 0 Å². The van der Waals surface area contributed by atoms with Gasteiger partial charge in [-0.05, 0) is 55.0 Å². The number of carbonyl (C=O) groups is 2. The number of carbonyl (C=O) groups excluding carboxylic acids is 2. The lowest BCUT2D eigenvalue weighted by atomic mass is 10.1. The summed E-state index contributed by atoms with van der Waals surface area (Å²) in [5.41, 5.74) is 1.02. The first kappa shape index (κ1) is 22.0. The Morgan fingerprint density at radius 1 is 1.00 bits per heavy atom. The Balaban J connectivity index is 1.52. The van der Waals surface area contributed by atoms with E-state index in [9.17, 15) is 19.2 Å². The fraction of sp³-hybridized carbons (Fsp3) is 0.0833. The summed E-state index contributed by atoms with van der Waals surface area (Å²) in [6, 6.07) is 18.0. The molecule has 0 aliphatic carbocycles. The van der Waals surface area contributed by atoms with E-state index < -0.39 is 23.1 Å². The fourth-order valence-electron chi connectivity index (χ4n) is 3.37. The highest BCUT2D eigenvalue weighted by Crippen LogP contribution is 2.22. The van der Waals surface area contributed by atoms with Crippen LogP contribution < -0.4 is 21.9 Å². The normalized spacial score (nSPS) is 10.7. The topological polar surface area (TPSA) is 113 Å². The molecular weight excluding hydrogens is 444 g/mol. The molecule has 1 aromatic heterocycles. The van der Waals surface area contributed by atoms with Crippen molar-refractivity contribution in [2.24, 2.45) is 0 Å². The molecule has 0 saturated heterocycles. The molecule has 0 saturated carbocycles. The maximum Gasteiger partial charge on any atom is 0.333 e. The van der Waals surface area contributed by atoms with Crippen molar-refractivity contribution in [3.8, 4) is 5.69 Å². The summed E-state index contributed by atoms with van der Waals surface area (Å²) in [6.45, 7) is 1.51. The van der Waals surface area contributed by atoms with Crippen LogP contribution in [0, 0.1) is 6.92 Å². The third-order valence-electron chi connectivity index (χ3n) is 5.13. The van der Waals surface area contributed by atoms with Crippen molar-refractivity contribution in [3.63, 3.8) is 0 Å². The van der Waals surface area contributed by atoms with Crippen LogP contribution in [0.1, 0.15) is 15.9 Å². The molecule has 0 aliphatic rings. The number of hydrogen-bond donors (Lipinski definition) is 3. The third kappa shape index (κ3) is 4.56. The monoisotopic (exact) mass is 462 g/mol. The molecular formula is C24H19ClN4O4. The number of amides is 2. The lowest BCUT2D eigenvalue weighted by Crippen LogP contribution is -2.34. The van der Waals surface area contributed by atoms with Crippen molar-refractivity contribution in [1.29, 1.82) is 0 Å². The number of aromatic nitrogens is 2. The highest BCUT2D eigenvalue weighted by Gasteiger charge is 2.14. The molecule has 0 spiro atoms. The van der Waals surface area contributed by atoms with E-state index in [1.807, 2.05) is 0 Å². The van der Waals surface area contributed by atoms with Gasteiger partial charge in [-0.1, -0.05) is 35.9 Å². The maximum atomic E-state index is 12.9. The number of fused-ring (bicyclic) bond motifs is 1. The van der Waals surface area contributed by atoms with E-state index in [0.717, 1.165) is 10.1 Å². The maximum absolute atomic E-state index is 12.9. The molecule has 33 heavy (non-hydrogen) atoms. The largest absolute Gasteiger partial charge is 0.343 e. The summed E-state index contributed by atoms with van der Waals surface area (Å²) in [5.74, 6) is -0.948. The minimum absolute atomic E-state index is 0.196. The summed E-state index contributed by atoms with van der Waals surface area (Å²) in [6.07, 6.45) is 0. The third-order valence-corrected chi connectivity index (χ3v) is 5.54. The Kier molecular flexibility index (Phi) is 6.10. The first-order valence-electron chi connectivity index (χ1n) is 10.0. The average molecular weight is 463 g/mol. The number of nitrogens with zero attached hydrogens (tertiary/aromatic N) is 1. The van der Waals surface area contributed by atoms with Crippen molar-refractivity contribution < 1.29 is 9.59 Å². The van der Waals surface area contributed by atoms with Crippen LogP contribution in [0.4, 0.5) is 5.69 Å². The number of benzene rings is 3. The zero-order valence-corrected chi connectivity index (χ0v) is 18.3. The second kappa shape index (κ2) is 9.13. The Bertz CT molecular complexity index is 1490. The number of aromatic amines is 1. The molecule has 3 aromatic carbocycles. The van der Waals surface area contributed by atoms with E-state index in [1.54, 1.807) is 55.5 Å². The molecule has 2 amide bonds. The number of H-pyrrole nitrogens is 1. The van der Waals surface area contributed by atoms with E-state index in [1.165, 1.54) is 18.2 Å². The summed E-state index contributed by atoms with van der Waals surface area (Å²) < 4.78 is 1.03. The number of rotatable bonds is 5. The molecule has 1 heterocycles. The predicted octanol–water partition coefficient (Wildman–Crippen LogP) is 3.01. The van der Waals surface area contributed by atoms with Crippen LogP contribution in [0.15, 0.2) is 76.3 Å². The standard InChI is InChI=1S/C24H19ClN4O4/c1-14-18(25)8-5-9-19(14)27-21(30)13-26-22(31)15-10-11-17-20(12-15)28-24(33)29(23(17)32)16-6-3-2-4-7-16/h2-12H,13H2,1H3,(H,26,31)(H,27,30)(H,28,33). The zero-order valence-electron chi connectivity index (χ0n) is 17.5. The Morgan fingerprint density at radius 2 is 1.76 bits per heavy atom. The molecule has 0 bridgehead atoms. The van der Waals surface area contributed by atoms with Crippen LogP contribution in [0.3, 0.4) is 0 Å². The molecule has 0 unspecified atom stereocenters. The quantitative estimate of drug-likeness (QED) is 0.423. The van der Waals surface area contributed by atoms with Gasteiger partial charge in [-0.15, -0.1) is 0 Å². The number of halogens is 1. The van der Waals surface area contributed by atoms with Crippen molar-refractivity contribution in [2.75, 3.05) is 11.9 Å². The smallest absolute Gasteiger partial charge is 0.333 e. The van der Waals surface area contributed by atoms with Gasteiger partial charge in [0.1, 0.15) is 0 Å². The van der Waals surface area contributed by atoms with Crippen LogP contribution in [0.2, 0.25) is 5.02 Å². The Hall–Kier alpha value is -4.17. The molecule has 0 aliphatic heterocycles. The Morgan fingerprint density at radius 3 is 2.52 bits per heavy atom. The van der Waals surface area contributed by atoms with Gasteiger partial charge in [0, 0.05) is 16.3 Å². The van der Waals surface area contributed by atoms with Gasteiger partial charge in [0.05, 0.1) is 23.1 Å². The van der Waals surface area contributed by atoms with Gasteiger partial charge in [-0.25, -0.2) is 9.36 Å². The van der Waals surface area contributed by atoms with Crippen molar-refractivity contribution in [2.45, 2.75) is 6.92 Å².